The second-order valence-electron chi connectivity index (χ2n) is 6.87. The molecule has 0 aliphatic carbocycles. The van der Waals surface area contributed by atoms with Gasteiger partial charge < -0.3 is 15.4 Å². The van der Waals surface area contributed by atoms with E-state index in [1.165, 1.54) is 0 Å². The lowest BCUT2D eigenvalue weighted by Crippen LogP contribution is -2.21. The maximum atomic E-state index is 12.1. The first-order chi connectivity index (χ1) is 13.9. The summed E-state index contributed by atoms with van der Waals surface area (Å²) in [5.41, 5.74) is 4.61. The van der Waals surface area contributed by atoms with Gasteiger partial charge in [0.1, 0.15) is 0 Å². The molecule has 0 saturated heterocycles. The van der Waals surface area contributed by atoms with Crippen LogP contribution in [0.4, 0.5) is 11.4 Å². The Hall–Kier alpha value is -3.15. The van der Waals surface area contributed by atoms with E-state index < -0.39 is 5.97 Å². The van der Waals surface area contributed by atoms with Crippen LogP contribution in [0.15, 0.2) is 42.5 Å². The molecule has 2 amide bonds. The SMILES string of the molecule is CCc1ccccc1NC(=O)CCCC(=O)OCC(=O)Nc1cccc(C)c1C. The number of aryl methyl sites for hydroxylation is 2. The molecule has 0 fully saturated rings. The van der Waals surface area contributed by atoms with Gasteiger partial charge in [-0.25, -0.2) is 0 Å². The number of nitrogens with one attached hydrogen (secondary N) is 2. The fourth-order valence-corrected chi connectivity index (χ4v) is 2.85. The van der Waals surface area contributed by atoms with Crippen molar-refractivity contribution in [3.8, 4) is 0 Å². The number of hydrogen-bond donors (Lipinski definition) is 2. The number of hydrogen-bond acceptors (Lipinski definition) is 4. The molecule has 0 bridgehead atoms. The van der Waals surface area contributed by atoms with Crippen molar-refractivity contribution in [1.82, 2.24) is 0 Å². The van der Waals surface area contributed by atoms with Crippen molar-refractivity contribution in [3.63, 3.8) is 0 Å². The average Bonchev–Trinajstić information content (AvgIpc) is 2.70. The molecule has 0 aliphatic rings. The van der Waals surface area contributed by atoms with Gasteiger partial charge >= 0.3 is 5.97 Å². The Kier molecular flexibility index (Phi) is 8.40. The van der Waals surface area contributed by atoms with Crippen LogP contribution in [0.25, 0.3) is 0 Å². The second-order valence-corrected chi connectivity index (χ2v) is 6.87. The van der Waals surface area contributed by atoms with Crippen molar-refractivity contribution < 1.29 is 19.1 Å². The minimum atomic E-state index is -0.497. The zero-order valence-corrected chi connectivity index (χ0v) is 17.2. The first-order valence-electron chi connectivity index (χ1n) is 9.80. The zero-order chi connectivity index (χ0) is 21.2. The van der Waals surface area contributed by atoms with E-state index in [2.05, 4.69) is 10.6 Å². The van der Waals surface area contributed by atoms with Crippen LogP contribution in [0, 0.1) is 13.8 Å². The van der Waals surface area contributed by atoms with Crippen molar-refractivity contribution in [2.75, 3.05) is 17.2 Å². The number of para-hydroxylation sites is 1. The highest BCUT2D eigenvalue weighted by Gasteiger charge is 2.11. The van der Waals surface area contributed by atoms with Crippen LogP contribution in [0.3, 0.4) is 0 Å². The zero-order valence-electron chi connectivity index (χ0n) is 17.2. The molecule has 0 saturated carbocycles. The molecule has 0 unspecified atom stereocenters. The summed E-state index contributed by atoms with van der Waals surface area (Å²) >= 11 is 0. The molecule has 6 nitrogen and oxygen atoms in total. The highest BCUT2D eigenvalue weighted by atomic mass is 16.5. The van der Waals surface area contributed by atoms with E-state index >= 15 is 0 Å². The fraction of sp³-hybridized carbons (Fsp3) is 0.348. The Labute approximate surface area is 171 Å². The fourth-order valence-electron chi connectivity index (χ4n) is 2.85. The maximum absolute atomic E-state index is 12.1. The van der Waals surface area contributed by atoms with Gasteiger partial charge in [0.25, 0.3) is 5.91 Å². The van der Waals surface area contributed by atoms with Crippen LogP contribution in [-0.4, -0.2) is 24.4 Å². The largest absolute Gasteiger partial charge is 0.456 e. The minimum absolute atomic E-state index is 0.0829. The summed E-state index contributed by atoms with van der Waals surface area (Å²) in [6.45, 7) is 5.56. The monoisotopic (exact) mass is 396 g/mol. The number of anilines is 2. The van der Waals surface area contributed by atoms with Crippen LogP contribution in [0.2, 0.25) is 0 Å². The number of esters is 1. The number of carbonyl (C=O) groups excluding carboxylic acids is 3. The summed E-state index contributed by atoms with van der Waals surface area (Å²) in [5, 5.41) is 5.61. The summed E-state index contributed by atoms with van der Waals surface area (Å²) in [4.78, 5) is 35.9. The van der Waals surface area contributed by atoms with Crippen LogP contribution < -0.4 is 10.6 Å². The van der Waals surface area contributed by atoms with Gasteiger partial charge in [0, 0.05) is 24.2 Å². The number of ether oxygens (including phenoxy) is 1. The minimum Gasteiger partial charge on any atom is -0.456 e. The first-order valence-corrected chi connectivity index (χ1v) is 9.80. The van der Waals surface area contributed by atoms with Crippen LogP contribution in [0.5, 0.6) is 0 Å². The average molecular weight is 396 g/mol. The molecule has 0 spiro atoms. The molecule has 2 rings (SSSR count). The molecule has 2 N–H and O–H groups in total. The van der Waals surface area contributed by atoms with Gasteiger partial charge in [0.2, 0.25) is 5.91 Å². The molecule has 2 aromatic rings. The normalized spacial score (nSPS) is 10.3. The summed E-state index contributed by atoms with van der Waals surface area (Å²) in [7, 11) is 0. The molecule has 154 valence electrons. The summed E-state index contributed by atoms with van der Waals surface area (Å²) in [6.07, 6.45) is 1.48. The first kappa shape index (κ1) is 22.1. The third-order valence-electron chi connectivity index (χ3n) is 4.70. The number of amides is 2. The maximum Gasteiger partial charge on any atom is 0.306 e. The van der Waals surface area contributed by atoms with E-state index in [1.54, 1.807) is 6.07 Å². The molecule has 6 heteroatoms. The number of benzene rings is 2. The molecule has 29 heavy (non-hydrogen) atoms. The van der Waals surface area contributed by atoms with E-state index in [-0.39, 0.29) is 31.3 Å². The van der Waals surface area contributed by atoms with Gasteiger partial charge in [-0.3, -0.25) is 14.4 Å². The Morgan fingerprint density at radius 2 is 1.55 bits per heavy atom. The van der Waals surface area contributed by atoms with Crippen molar-refractivity contribution in [3.05, 3.63) is 59.2 Å². The molecule has 0 aliphatic heterocycles. The highest BCUT2D eigenvalue weighted by molar-refractivity contribution is 5.94. The molecule has 2 aromatic carbocycles. The molecule has 0 heterocycles. The Balaban J connectivity index is 1.68. The number of rotatable bonds is 9. The summed E-state index contributed by atoms with van der Waals surface area (Å²) in [6, 6.07) is 13.2. The van der Waals surface area contributed by atoms with E-state index in [1.807, 2.05) is 57.2 Å². The summed E-state index contributed by atoms with van der Waals surface area (Å²) in [5.74, 6) is -1.03. The Bertz CT molecular complexity index is 877. The second kappa shape index (κ2) is 11.0. The van der Waals surface area contributed by atoms with Gasteiger partial charge in [-0.15, -0.1) is 0 Å². The predicted octanol–water partition coefficient (Wildman–Crippen LogP) is 4.16. The topological polar surface area (TPSA) is 84.5 Å². The van der Waals surface area contributed by atoms with E-state index in [9.17, 15) is 14.4 Å². The molecule has 0 atom stereocenters. The number of carbonyl (C=O) groups is 3. The van der Waals surface area contributed by atoms with Gasteiger partial charge in [-0.05, 0) is 55.5 Å². The van der Waals surface area contributed by atoms with Crippen molar-refractivity contribution in [1.29, 1.82) is 0 Å². The van der Waals surface area contributed by atoms with Gasteiger partial charge in [0.05, 0.1) is 0 Å². The van der Waals surface area contributed by atoms with Crippen molar-refractivity contribution >= 4 is 29.2 Å². The lowest BCUT2D eigenvalue weighted by molar-refractivity contribution is -0.147. The van der Waals surface area contributed by atoms with Gasteiger partial charge in [0.15, 0.2) is 6.61 Å². The smallest absolute Gasteiger partial charge is 0.306 e. The lowest BCUT2D eigenvalue weighted by Gasteiger charge is -2.11. The Morgan fingerprint density at radius 3 is 2.31 bits per heavy atom. The standard InChI is InChI=1S/C23H28N2O4/c1-4-18-10-5-6-11-20(18)25-21(26)13-8-14-23(28)29-15-22(27)24-19-12-7-9-16(2)17(19)3/h5-7,9-12H,4,8,13-15H2,1-3H3,(H,24,27)(H,25,26). The molecular formula is C23H28N2O4. The summed E-state index contributed by atoms with van der Waals surface area (Å²) < 4.78 is 5.00. The van der Waals surface area contributed by atoms with E-state index in [0.717, 1.165) is 28.8 Å². The molecule has 0 aromatic heterocycles. The predicted molar refractivity (Wildman–Crippen MR) is 114 cm³/mol. The third kappa shape index (κ3) is 7.07. The lowest BCUT2D eigenvalue weighted by atomic mass is 10.1. The van der Waals surface area contributed by atoms with Gasteiger partial charge in [-0.1, -0.05) is 37.3 Å². The van der Waals surface area contributed by atoms with E-state index in [4.69, 9.17) is 4.74 Å². The van der Waals surface area contributed by atoms with E-state index in [0.29, 0.717) is 12.1 Å². The van der Waals surface area contributed by atoms with Crippen LogP contribution in [-0.2, 0) is 25.5 Å². The van der Waals surface area contributed by atoms with Crippen molar-refractivity contribution in [2.24, 2.45) is 0 Å². The van der Waals surface area contributed by atoms with Gasteiger partial charge in [-0.2, -0.15) is 0 Å². The molecule has 0 radical (unpaired) electrons. The third-order valence-corrected chi connectivity index (χ3v) is 4.70. The van der Waals surface area contributed by atoms with Crippen LogP contribution in [0.1, 0.15) is 42.9 Å². The van der Waals surface area contributed by atoms with Crippen molar-refractivity contribution in [2.45, 2.75) is 46.5 Å². The quantitative estimate of drug-likeness (QED) is 0.624. The molecular weight excluding hydrogens is 368 g/mol. The van der Waals surface area contributed by atoms with Crippen LogP contribution >= 0.6 is 0 Å². The highest BCUT2D eigenvalue weighted by Crippen LogP contribution is 2.18. The Morgan fingerprint density at radius 1 is 0.862 bits per heavy atom.